The van der Waals surface area contributed by atoms with E-state index >= 15 is 0 Å². The number of imide groups is 1. The first kappa shape index (κ1) is 21.3. The van der Waals surface area contributed by atoms with Crippen molar-refractivity contribution >= 4 is 23.4 Å². The van der Waals surface area contributed by atoms with Gasteiger partial charge in [-0.05, 0) is 54.9 Å². The van der Waals surface area contributed by atoms with Crippen LogP contribution in [-0.4, -0.2) is 29.2 Å². The number of para-hydroxylation sites is 1. The molecule has 0 radical (unpaired) electrons. The molecule has 0 aromatic heterocycles. The van der Waals surface area contributed by atoms with Gasteiger partial charge in [0, 0.05) is 18.2 Å². The average molecular weight is 419 g/mol. The van der Waals surface area contributed by atoms with E-state index in [4.69, 9.17) is 0 Å². The lowest BCUT2D eigenvalue weighted by molar-refractivity contribution is -0.122. The van der Waals surface area contributed by atoms with E-state index in [1.165, 1.54) is 4.90 Å². The number of carbonyl (C=O) groups is 3. The summed E-state index contributed by atoms with van der Waals surface area (Å²) in [6.45, 7) is 4.61. The van der Waals surface area contributed by atoms with Crippen LogP contribution in [0.25, 0.3) is 0 Å². The van der Waals surface area contributed by atoms with Crippen LogP contribution < -0.4 is 5.32 Å². The number of rotatable bonds is 6. The van der Waals surface area contributed by atoms with Crippen LogP contribution in [0, 0.1) is 11.8 Å². The molecule has 4 rings (SSSR count). The van der Waals surface area contributed by atoms with Crippen LogP contribution in [0.15, 0.2) is 48.5 Å². The summed E-state index contributed by atoms with van der Waals surface area (Å²) in [6, 6.07) is 14.9. The summed E-state index contributed by atoms with van der Waals surface area (Å²) in [7, 11) is 0. The van der Waals surface area contributed by atoms with E-state index in [1.807, 2.05) is 18.2 Å². The standard InChI is InChI=1S/C26H30N2O3/c1-3-17(2)19-11-8-9-15-23(19)27-24(29)20-12-5-4-10-18(20)16-28-25(30)21-13-6-7-14-22(21)26(28)31/h6-9,11,13-15,17-18,20H,3-5,10,12,16H2,1-2H3,(H,27,29). The van der Waals surface area contributed by atoms with Crippen molar-refractivity contribution in [3.8, 4) is 0 Å². The third-order valence-electron chi connectivity index (χ3n) is 6.90. The van der Waals surface area contributed by atoms with Gasteiger partial charge in [0.2, 0.25) is 5.91 Å². The number of benzene rings is 2. The molecule has 1 saturated carbocycles. The number of anilines is 1. The minimum Gasteiger partial charge on any atom is -0.326 e. The van der Waals surface area contributed by atoms with Crippen molar-refractivity contribution in [2.45, 2.75) is 51.9 Å². The van der Waals surface area contributed by atoms with Gasteiger partial charge in [0.05, 0.1) is 11.1 Å². The Balaban J connectivity index is 1.51. The summed E-state index contributed by atoms with van der Waals surface area (Å²) in [4.78, 5) is 40.2. The highest BCUT2D eigenvalue weighted by molar-refractivity contribution is 6.21. The molecule has 1 fully saturated rings. The van der Waals surface area contributed by atoms with Gasteiger partial charge in [-0.15, -0.1) is 0 Å². The van der Waals surface area contributed by atoms with Crippen LogP contribution in [0.5, 0.6) is 0 Å². The summed E-state index contributed by atoms with van der Waals surface area (Å²) < 4.78 is 0. The summed E-state index contributed by atoms with van der Waals surface area (Å²) in [5.41, 5.74) is 2.94. The van der Waals surface area contributed by atoms with Gasteiger partial charge in [-0.25, -0.2) is 0 Å². The first-order valence-electron chi connectivity index (χ1n) is 11.4. The molecule has 1 aliphatic heterocycles. The zero-order chi connectivity index (χ0) is 22.0. The number of hydrogen-bond acceptors (Lipinski definition) is 3. The molecule has 3 atom stereocenters. The highest BCUT2D eigenvalue weighted by Crippen LogP contribution is 2.35. The van der Waals surface area contributed by atoms with Gasteiger partial charge in [0.25, 0.3) is 11.8 Å². The maximum absolute atomic E-state index is 13.3. The van der Waals surface area contributed by atoms with Crippen LogP contribution in [0.1, 0.15) is 78.1 Å². The Morgan fingerprint density at radius 3 is 2.29 bits per heavy atom. The second kappa shape index (κ2) is 9.04. The fourth-order valence-electron chi connectivity index (χ4n) is 4.90. The van der Waals surface area contributed by atoms with Crippen molar-refractivity contribution < 1.29 is 14.4 Å². The van der Waals surface area contributed by atoms with Gasteiger partial charge in [0.1, 0.15) is 0 Å². The molecule has 5 heteroatoms. The van der Waals surface area contributed by atoms with Crippen molar-refractivity contribution in [1.29, 1.82) is 0 Å². The Bertz CT molecular complexity index is 965. The molecule has 1 aliphatic carbocycles. The van der Waals surface area contributed by atoms with Crippen molar-refractivity contribution in [3.05, 3.63) is 65.2 Å². The van der Waals surface area contributed by atoms with E-state index in [-0.39, 0.29) is 29.6 Å². The van der Waals surface area contributed by atoms with Crippen molar-refractivity contribution in [3.63, 3.8) is 0 Å². The predicted octanol–water partition coefficient (Wildman–Crippen LogP) is 5.24. The number of carbonyl (C=O) groups excluding carboxylic acids is 3. The molecule has 162 valence electrons. The number of nitrogens with one attached hydrogen (secondary N) is 1. The molecule has 0 spiro atoms. The van der Waals surface area contributed by atoms with E-state index in [2.05, 4.69) is 25.2 Å². The minimum atomic E-state index is -0.243. The van der Waals surface area contributed by atoms with Crippen LogP contribution in [-0.2, 0) is 4.79 Å². The lowest BCUT2D eigenvalue weighted by atomic mass is 9.78. The number of fused-ring (bicyclic) bond motifs is 1. The monoisotopic (exact) mass is 418 g/mol. The molecule has 1 N–H and O–H groups in total. The molecular formula is C26H30N2O3. The van der Waals surface area contributed by atoms with Crippen LogP contribution in [0.2, 0.25) is 0 Å². The zero-order valence-corrected chi connectivity index (χ0v) is 18.3. The van der Waals surface area contributed by atoms with Gasteiger partial charge in [-0.3, -0.25) is 19.3 Å². The first-order chi connectivity index (χ1) is 15.0. The topological polar surface area (TPSA) is 66.5 Å². The molecule has 5 nitrogen and oxygen atoms in total. The third kappa shape index (κ3) is 4.14. The maximum Gasteiger partial charge on any atom is 0.261 e. The first-order valence-corrected chi connectivity index (χ1v) is 11.4. The summed E-state index contributed by atoms with van der Waals surface area (Å²) in [6.07, 6.45) is 4.63. The Labute approximate surface area is 183 Å². The molecule has 1 heterocycles. The van der Waals surface area contributed by atoms with Crippen molar-refractivity contribution in [2.24, 2.45) is 11.8 Å². The average Bonchev–Trinajstić information content (AvgIpc) is 3.04. The van der Waals surface area contributed by atoms with E-state index in [0.29, 0.717) is 23.6 Å². The Morgan fingerprint density at radius 2 is 1.61 bits per heavy atom. The second-order valence-corrected chi connectivity index (χ2v) is 8.80. The van der Waals surface area contributed by atoms with E-state index in [1.54, 1.807) is 24.3 Å². The summed E-state index contributed by atoms with van der Waals surface area (Å²) in [5.74, 6) is -0.358. The molecule has 3 unspecified atom stereocenters. The van der Waals surface area contributed by atoms with Gasteiger partial charge in [-0.2, -0.15) is 0 Å². The highest BCUT2D eigenvalue weighted by Gasteiger charge is 2.40. The maximum atomic E-state index is 13.3. The van der Waals surface area contributed by atoms with Crippen LogP contribution in [0.4, 0.5) is 5.69 Å². The largest absolute Gasteiger partial charge is 0.326 e. The lowest BCUT2D eigenvalue weighted by Gasteiger charge is -2.33. The summed E-state index contributed by atoms with van der Waals surface area (Å²) in [5, 5.41) is 3.16. The molecule has 0 saturated heterocycles. The van der Waals surface area contributed by atoms with Gasteiger partial charge < -0.3 is 5.32 Å². The van der Waals surface area contributed by atoms with E-state index < -0.39 is 0 Å². The minimum absolute atomic E-state index is 0.00272. The Kier molecular flexibility index (Phi) is 6.21. The van der Waals surface area contributed by atoms with Gasteiger partial charge >= 0.3 is 0 Å². The molecule has 31 heavy (non-hydrogen) atoms. The van der Waals surface area contributed by atoms with Crippen LogP contribution >= 0.6 is 0 Å². The summed E-state index contributed by atoms with van der Waals surface area (Å²) >= 11 is 0. The Hall–Kier alpha value is -2.95. The number of hydrogen-bond donors (Lipinski definition) is 1. The number of nitrogens with zero attached hydrogens (tertiary/aromatic N) is 1. The molecule has 2 aromatic rings. The lowest BCUT2D eigenvalue weighted by Crippen LogP contribution is -2.41. The van der Waals surface area contributed by atoms with Crippen molar-refractivity contribution in [1.82, 2.24) is 4.90 Å². The molecule has 2 aliphatic rings. The normalized spacial score (nSPS) is 21.7. The van der Waals surface area contributed by atoms with Crippen molar-refractivity contribution in [2.75, 3.05) is 11.9 Å². The number of amides is 3. The van der Waals surface area contributed by atoms with Gasteiger partial charge in [0.15, 0.2) is 0 Å². The van der Waals surface area contributed by atoms with E-state index in [0.717, 1.165) is 43.4 Å². The molecule has 3 amide bonds. The van der Waals surface area contributed by atoms with Gasteiger partial charge in [-0.1, -0.05) is 57.0 Å². The SMILES string of the molecule is CCC(C)c1ccccc1NC(=O)C1CCCCC1CN1C(=O)c2ccccc2C1=O. The smallest absolute Gasteiger partial charge is 0.261 e. The predicted molar refractivity (Wildman–Crippen MR) is 121 cm³/mol. The molecule has 2 aromatic carbocycles. The molecule has 0 bridgehead atoms. The van der Waals surface area contributed by atoms with Crippen LogP contribution in [0.3, 0.4) is 0 Å². The second-order valence-electron chi connectivity index (χ2n) is 8.80. The van der Waals surface area contributed by atoms with E-state index in [9.17, 15) is 14.4 Å². The Morgan fingerprint density at radius 1 is 1.00 bits per heavy atom. The molecular weight excluding hydrogens is 388 g/mol. The third-order valence-corrected chi connectivity index (χ3v) is 6.90. The fourth-order valence-corrected chi connectivity index (χ4v) is 4.90. The zero-order valence-electron chi connectivity index (χ0n) is 18.3. The quantitative estimate of drug-likeness (QED) is 0.652. The highest BCUT2D eigenvalue weighted by atomic mass is 16.2. The fraction of sp³-hybridized carbons (Fsp3) is 0.423.